The topological polar surface area (TPSA) is 0 Å². The van der Waals surface area contributed by atoms with Gasteiger partial charge in [-0.2, -0.15) is 0 Å². The van der Waals surface area contributed by atoms with Crippen LogP contribution in [0.15, 0.2) is 71.4 Å². The van der Waals surface area contributed by atoms with Gasteiger partial charge in [-0.15, -0.1) is 0 Å². The van der Waals surface area contributed by atoms with Crippen molar-refractivity contribution in [2.45, 2.75) is 0 Å². The molecule has 0 radical (unpaired) electrons. The van der Waals surface area contributed by atoms with E-state index in [1.165, 1.54) is 52.5 Å². The van der Waals surface area contributed by atoms with Crippen molar-refractivity contribution in [3.8, 4) is 0 Å². The Morgan fingerprint density at radius 3 is 1.43 bits per heavy atom. The number of benzene rings is 4. The fraction of sp³-hybridized carbons (Fsp3) is 0. The van der Waals surface area contributed by atoms with Crippen molar-refractivity contribution in [1.29, 1.82) is 0 Å². The first-order valence-electron chi connectivity index (χ1n) is 9.81. The molecule has 4 heterocycles. The Labute approximate surface area is 191 Å². The molecule has 140 valence electrons. The Bertz CT molecular complexity index is 1820. The molecule has 0 N–H and O–H groups in total. The van der Waals surface area contributed by atoms with Gasteiger partial charge in [0, 0.05) is 0 Å². The Balaban J connectivity index is 1.49. The van der Waals surface area contributed by atoms with Gasteiger partial charge in [0.15, 0.2) is 0 Å². The fourth-order valence-electron chi connectivity index (χ4n) is 4.67. The van der Waals surface area contributed by atoms with Crippen LogP contribution in [0.4, 0.5) is 0 Å². The maximum absolute atomic E-state index is 2.48. The summed E-state index contributed by atoms with van der Waals surface area (Å²) in [6.45, 7) is 0. The first-order chi connectivity index (χ1) is 14.8. The first-order valence-corrected chi connectivity index (χ1v) is 15.0. The van der Waals surface area contributed by atoms with Crippen molar-refractivity contribution < 1.29 is 0 Å². The van der Waals surface area contributed by atoms with Gasteiger partial charge in [-0.05, 0) is 0 Å². The minimum atomic E-state index is 0.413. The molecule has 8 rings (SSSR count). The van der Waals surface area contributed by atoms with Gasteiger partial charge in [-0.3, -0.25) is 0 Å². The van der Waals surface area contributed by atoms with Gasteiger partial charge in [0.2, 0.25) is 0 Å². The SMILES string of the molecule is c1cc2cc3cc4[se]c5c6cc7cc8sccc8cc7cc6[se]c5c4cc3cc2s1. The van der Waals surface area contributed by atoms with Crippen molar-refractivity contribution in [2.24, 2.45) is 0 Å². The van der Waals surface area contributed by atoms with Crippen LogP contribution in [0.2, 0.25) is 0 Å². The van der Waals surface area contributed by atoms with Crippen LogP contribution in [-0.4, -0.2) is 29.0 Å². The van der Waals surface area contributed by atoms with Gasteiger partial charge in [0.1, 0.15) is 0 Å². The molecule has 0 fully saturated rings. The number of hydrogen-bond donors (Lipinski definition) is 0. The maximum atomic E-state index is 2.48. The van der Waals surface area contributed by atoms with Crippen molar-refractivity contribution in [2.75, 3.05) is 0 Å². The van der Waals surface area contributed by atoms with Crippen LogP contribution in [0.3, 0.4) is 0 Å². The van der Waals surface area contributed by atoms with Crippen molar-refractivity contribution in [1.82, 2.24) is 0 Å². The monoisotopic (exact) mass is 548 g/mol. The molecular weight excluding hydrogens is 534 g/mol. The average Bonchev–Trinajstić information content (AvgIpc) is 3.51. The van der Waals surface area contributed by atoms with E-state index in [0.29, 0.717) is 29.0 Å². The third-order valence-corrected chi connectivity index (χ3v) is 13.5. The van der Waals surface area contributed by atoms with Gasteiger partial charge in [-0.1, -0.05) is 0 Å². The third kappa shape index (κ3) is 2.22. The van der Waals surface area contributed by atoms with Gasteiger partial charge >= 0.3 is 193 Å². The molecule has 4 aromatic heterocycles. The summed E-state index contributed by atoms with van der Waals surface area (Å²) in [5.41, 5.74) is 0. The van der Waals surface area contributed by atoms with E-state index in [-0.39, 0.29) is 0 Å². The van der Waals surface area contributed by atoms with Crippen molar-refractivity contribution in [3.63, 3.8) is 0 Å². The average molecular weight is 546 g/mol. The predicted molar refractivity (Wildman–Crippen MR) is 139 cm³/mol. The molecule has 0 bridgehead atoms. The number of hydrogen-bond acceptors (Lipinski definition) is 2. The second-order valence-corrected chi connectivity index (χ2v) is 14.2. The van der Waals surface area contributed by atoms with Crippen LogP contribution in [0.5, 0.6) is 0 Å². The van der Waals surface area contributed by atoms with Gasteiger partial charge in [-0.25, -0.2) is 0 Å². The second kappa shape index (κ2) is 5.87. The van der Waals surface area contributed by atoms with Crippen LogP contribution < -0.4 is 0 Å². The molecule has 0 aliphatic carbocycles. The molecule has 0 atom stereocenters. The summed E-state index contributed by atoms with van der Waals surface area (Å²) in [5.74, 6) is 0. The summed E-state index contributed by atoms with van der Waals surface area (Å²) >= 11 is 4.51. The van der Waals surface area contributed by atoms with E-state index < -0.39 is 0 Å². The standard InChI is InChI=1S/C26H12S2Se2/c1-3-27-21-9-17-7-19-23(11-15(17)5-13(1)21)29-26-20-8-18-10-22-14(2-4-28-22)6-16(18)12-24(20)30-25(19)26/h1-12H. The van der Waals surface area contributed by atoms with E-state index >= 15 is 0 Å². The molecule has 0 saturated carbocycles. The molecule has 0 saturated heterocycles. The predicted octanol–water partition coefficient (Wildman–Crippen LogP) is 8.00. The van der Waals surface area contributed by atoms with E-state index in [1.807, 2.05) is 22.7 Å². The summed E-state index contributed by atoms with van der Waals surface area (Å²) in [6.07, 6.45) is 0. The zero-order valence-corrected chi connectivity index (χ0v) is 20.6. The van der Waals surface area contributed by atoms with Crippen LogP contribution in [-0.2, 0) is 0 Å². The minimum absolute atomic E-state index is 0.413. The first kappa shape index (κ1) is 16.7. The summed E-state index contributed by atoms with van der Waals surface area (Å²) in [5, 5.41) is 15.8. The summed E-state index contributed by atoms with van der Waals surface area (Å²) < 4.78 is 9.25. The van der Waals surface area contributed by atoms with Gasteiger partial charge in [0.25, 0.3) is 0 Å². The van der Waals surface area contributed by atoms with Crippen molar-refractivity contribution in [3.05, 3.63) is 71.4 Å². The zero-order chi connectivity index (χ0) is 19.4. The Kier molecular flexibility index (Phi) is 3.27. The quantitative estimate of drug-likeness (QED) is 0.169. The molecule has 30 heavy (non-hydrogen) atoms. The Morgan fingerprint density at radius 1 is 0.467 bits per heavy atom. The van der Waals surface area contributed by atoms with Crippen LogP contribution in [0, 0.1) is 0 Å². The normalized spacial score (nSPS) is 12.7. The van der Waals surface area contributed by atoms with E-state index in [0.717, 1.165) is 0 Å². The molecule has 0 unspecified atom stereocenters. The van der Waals surface area contributed by atoms with Gasteiger partial charge in [0.05, 0.1) is 0 Å². The molecule has 4 aromatic carbocycles. The molecule has 0 amide bonds. The molecule has 0 aliphatic rings. The fourth-order valence-corrected chi connectivity index (χ4v) is 12.7. The number of rotatable bonds is 0. The van der Waals surface area contributed by atoms with Crippen LogP contribution in [0.25, 0.3) is 69.5 Å². The third-order valence-electron chi connectivity index (χ3n) is 6.14. The van der Waals surface area contributed by atoms with E-state index in [1.54, 1.807) is 17.0 Å². The van der Waals surface area contributed by atoms with Gasteiger partial charge < -0.3 is 0 Å². The summed E-state index contributed by atoms with van der Waals surface area (Å²) in [7, 11) is 0. The van der Waals surface area contributed by atoms with E-state index in [9.17, 15) is 0 Å². The van der Waals surface area contributed by atoms with Crippen molar-refractivity contribution >= 4 is 121 Å². The molecular formula is C26H12S2Se2. The van der Waals surface area contributed by atoms with Crippen LogP contribution in [0.1, 0.15) is 0 Å². The molecule has 0 nitrogen and oxygen atoms in total. The molecule has 4 heteroatoms. The Morgan fingerprint density at radius 2 is 0.933 bits per heavy atom. The summed E-state index contributed by atoms with van der Waals surface area (Å²) in [6, 6.07) is 23.9. The van der Waals surface area contributed by atoms with E-state index in [4.69, 9.17) is 0 Å². The molecule has 8 aromatic rings. The molecule has 0 aliphatic heterocycles. The molecule has 0 spiro atoms. The van der Waals surface area contributed by atoms with Crippen LogP contribution >= 0.6 is 22.7 Å². The number of thiophene rings is 2. The van der Waals surface area contributed by atoms with E-state index in [2.05, 4.69) is 71.4 Å². The Hall–Kier alpha value is -1.90. The number of fused-ring (bicyclic) bond motifs is 9. The zero-order valence-electron chi connectivity index (χ0n) is 15.6. The summed E-state index contributed by atoms with van der Waals surface area (Å²) in [4.78, 5) is 0. The second-order valence-electron chi connectivity index (χ2n) is 7.87.